The van der Waals surface area contributed by atoms with Crippen molar-refractivity contribution < 1.29 is 53.1 Å². The van der Waals surface area contributed by atoms with Crippen LogP contribution in [0.15, 0.2) is 29.3 Å². The fraction of sp³-hybridized carbons (Fsp3) is 0.667. The Labute approximate surface area is 441 Å². The monoisotopic (exact) mass is 1060 g/mol. The molecule has 0 aromatic heterocycles. The van der Waals surface area contributed by atoms with E-state index in [0.29, 0.717) is 50.8 Å². The molecule has 420 valence electrons. The lowest BCUT2D eigenvalue weighted by Gasteiger charge is -2.31. The van der Waals surface area contributed by atoms with Crippen molar-refractivity contribution in [3.63, 3.8) is 0 Å². The largest absolute Gasteiger partial charge is 0.508 e. The molecule has 1 aromatic rings. The molecule has 1 aromatic carbocycles. The topological polar surface area (TPSA) is 358 Å². The van der Waals surface area contributed by atoms with Gasteiger partial charge in [-0.3, -0.25) is 52.9 Å². The number of nitrogens with two attached hydrogens (primary N) is 2. The van der Waals surface area contributed by atoms with Crippen LogP contribution in [0.4, 0.5) is 0 Å². The number of benzene rings is 1. The van der Waals surface area contributed by atoms with Crippen LogP contribution in [0.2, 0.25) is 0 Å². The summed E-state index contributed by atoms with van der Waals surface area (Å²) in [5.41, 5.74) is 11.6. The minimum atomic E-state index is -1.35. The number of amides is 10. The molecule has 1 fully saturated rings. The third kappa shape index (κ3) is 22.2. The van der Waals surface area contributed by atoms with Crippen molar-refractivity contribution in [1.82, 2.24) is 52.3 Å². The number of likely N-dealkylation sites (N-methyl/N-ethyl adjacent to an activating group) is 2. The second kappa shape index (κ2) is 32.3. The highest BCUT2D eigenvalue weighted by Crippen LogP contribution is 2.21. The van der Waals surface area contributed by atoms with Gasteiger partial charge in [-0.1, -0.05) is 73.4 Å². The normalized spacial score (nSPS) is 15.9. The fourth-order valence-electron chi connectivity index (χ4n) is 8.24. The summed E-state index contributed by atoms with van der Waals surface area (Å²) in [6.07, 6.45) is 2.39. The van der Waals surface area contributed by atoms with Gasteiger partial charge in [-0.25, -0.2) is 0 Å². The lowest BCUT2D eigenvalue weighted by molar-refractivity contribution is -0.142. The number of phenols is 1. The third-order valence-corrected chi connectivity index (χ3v) is 12.7. The number of nitrogens with zero attached hydrogens (tertiary/aromatic N) is 3. The highest BCUT2D eigenvalue weighted by atomic mass is 16.3. The van der Waals surface area contributed by atoms with Gasteiger partial charge in [-0.05, 0) is 80.9 Å². The van der Waals surface area contributed by atoms with Crippen LogP contribution in [0.5, 0.6) is 5.75 Å². The van der Waals surface area contributed by atoms with Gasteiger partial charge in [0, 0.05) is 40.0 Å². The van der Waals surface area contributed by atoms with E-state index in [4.69, 9.17) is 11.5 Å². The van der Waals surface area contributed by atoms with E-state index in [-0.39, 0.29) is 68.2 Å². The molecule has 1 saturated heterocycles. The second-order valence-corrected chi connectivity index (χ2v) is 19.9. The number of aliphatic imine (C=N–C) groups is 1. The summed E-state index contributed by atoms with van der Waals surface area (Å²) in [5, 5.41) is 31.7. The predicted molar refractivity (Wildman–Crippen MR) is 282 cm³/mol. The molecule has 1 aliphatic heterocycles. The van der Waals surface area contributed by atoms with Crippen LogP contribution in [0.3, 0.4) is 0 Å². The van der Waals surface area contributed by atoms with Crippen LogP contribution in [0.1, 0.15) is 119 Å². The van der Waals surface area contributed by atoms with E-state index in [1.165, 1.54) is 31.0 Å². The Morgan fingerprint density at radius 1 is 0.733 bits per heavy atom. The van der Waals surface area contributed by atoms with Crippen molar-refractivity contribution in [3.8, 4) is 5.75 Å². The molecule has 75 heavy (non-hydrogen) atoms. The van der Waals surface area contributed by atoms with E-state index in [9.17, 15) is 53.1 Å². The van der Waals surface area contributed by atoms with Crippen molar-refractivity contribution in [2.75, 3.05) is 39.8 Å². The Kier molecular flexibility index (Phi) is 27.6. The number of phenolic OH excluding ortho intramolecular Hbond substituents is 1. The molecule has 8 atom stereocenters. The summed E-state index contributed by atoms with van der Waals surface area (Å²) in [7, 11) is 1.43. The van der Waals surface area contributed by atoms with Gasteiger partial charge in [-0.15, -0.1) is 0 Å². The molecule has 0 radical (unpaired) electrons. The Morgan fingerprint density at radius 3 is 1.89 bits per heavy atom. The lowest BCUT2D eigenvalue weighted by Crippen LogP contribution is -2.61. The third-order valence-electron chi connectivity index (χ3n) is 12.7. The quantitative estimate of drug-likeness (QED) is 0.0246. The number of hydrogen-bond acceptors (Lipinski definition) is 12. The van der Waals surface area contributed by atoms with Crippen molar-refractivity contribution >= 4 is 65.0 Å². The fourth-order valence-corrected chi connectivity index (χ4v) is 8.24. The standard InChI is InChI=1S/C51H85N13O11/c1-11-16-35(44(69)62-43(31(8)12-2)49(74)58-36(17-14-23-55-51(52)53)50(75)64-24-15-18-39(64)47(72)54-13-3)57-46(71)38(26-33-19-21-34(66)22-20-33)59-45(70)37(25-29(4)5)60-48(73)42(30(6)7)61-40(67)27-56-41(68)28-63(10)32(9)65/h19-22,29-31,35-39,42-43,66H,11-18,23-28H2,1-10H3,(H,54,72)(H,56,68)(H,57,71)(H,58,74)(H,59,70)(H,60,73)(H,61,67)(H,62,69)(H4,52,53,55)/t31-,35-,36-,37+,38-,39-,42-,43-/m0/s1. The Bertz CT molecular complexity index is 2130. The van der Waals surface area contributed by atoms with Crippen molar-refractivity contribution in [2.45, 2.75) is 162 Å². The summed E-state index contributed by atoms with van der Waals surface area (Å²) in [6.45, 7) is 15.5. The van der Waals surface area contributed by atoms with Gasteiger partial charge in [0.1, 0.15) is 48.0 Å². The van der Waals surface area contributed by atoms with Crippen molar-refractivity contribution in [1.29, 1.82) is 0 Å². The maximum absolute atomic E-state index is 14.5. The van der Waals surface area contributed by atoms with E-state index in [1.54, 1.807) is 46.8 Å². The van der Waals surface area contributed by atoms with Crippen LogP contribution in [-0.2, 0) is 54.4 Å². The average molecular weight is 1060 g/mol. The zero-order chi connectivity index (χ0) is 56.5. The first-order chi connectivity index (χ1) is 35.3. The van der Waals surface area contributed by atoms with E-state index >= 15 is 0 Å². The van der Waals surface area contributed by atoms with Crippen LogP contribution in [-0.4, -0.2) is 162 Å². The first-order valence-electron chi connectivity index (χ1n) is 26.0. The van der Waals surface area contributed by atoms with Gasteiger partial charge in [0.05, 0.1) is 13.1 Å². The van der Waals surface area contributed by atoms with E-state index < -0.39 is 108 Å². The SMILES string of the molecule is CCC[C@H](NC(=O)[C@H](Cc1ccc(O)cc1)NC(=O)[C@@H](CC(C)C)NC(=O)[C@@H](NC(=O)CNC(=O)CN(C)C(C)=O)C(C)C)C(=O)N[C@H](C(=O)N[C@@H](CCCN=C(N)N)C(=O)N1CCC[C@H]1C(=O)NCC)[C@@H](C)CC. The molecule has 2 rings (SSSR count). The molecular formula is C51H85N13O11. The summed E-state index contributed by atoms with van der Waals surface area (Å²) >= 11 is 0. The summed E-state index contributed by atoms with van der Waals surface area (Å²) in [5.74, 6) is -7.28. The maximum atomic E-state index is 14.5. The Hall–Kier alpha value is -7.01. The van der Waals surface area contributed by atoms with Gasteiger partial charge in [0.2, 0.25) is 59.1 Å². The van der Waals surface area contributed by atoms with Crippen molar-refractivity contribution in [2.24, 2.45) is 34.2 Å². The molecule has 0 bridgehead atoms. The van der Waals surface area contributed by atoms with Gasteiger partial charge in [-0.2, -0.15) is 0 Å². The highest BCUT2D eigenvalue weighted by molar-refractivity contribution is 5.98. The first kappa shape index (κ1) is 64.1. The van der Waals surface area contributed by atoms with Gasteiger partial charge < -0.3 is 68.9 Å². The molecule has 13 N–H and O–H groups in total. The zero-order valence-electron chi connectivity index (χ0n) is 45.5. The predicted octanol–water partition coefficient (Wildman–Crippen LogP) is -0.833. The summed E-state index contributed by atoms with van der Waals surface area (Å²) in [6, 6.07) is -2.01. The van der Waals surface area contributed by atoms with Gasteiger partial charge >= 0.3 is 0 Å². The van der Waals surface area contributed by atoms with Gasteiger partial charge in [0.15, 0.2) is 5.96 Å². The molecule has 0 aliphatic carbocycles. The van der Waals surface area contributed by atoms with Crippen LogP contribution < -0.4 is 54.0 Å². The number of likely N-dealkylation sites (tertiary alicyclic amines) is 1. The molecule has 0 spiro atoms. The second-order valence-electron chi connectivity index (χ2n) is 19.9. The molecule has 10 amide bonds. The number of hydrogen-bond donors (Lipinski definition) is 11. The van der Waals surface area contributed by atoms with Crippen molar-refractivity contribution in [3.05, 3.63) is 29.8 Å². The molecule has 1 aliphatic rings. The summed E-state index contributed by atoms with van der Waals surface area (Å²) < 4.78 is 0. The molecule has 0 saturated carbocycles. The molecule has 24 nitrogen and oxygen atoms in total. The molecule has 24 heteroatoms. The first-order valence-corrected chi connectivity index (χ1v) is 26.0. The summed E-state index contributed by atoms with van der Waals surface area (Å²) in [4.78, 5) is 142. The number of carbonyl (C=O) groups is 10. The maximum Gasteiger partial charge on any atom is 0.245 e. The Balaban J connectivity index is 2.42. The van der Waals surface area contributed by atoms with E-state index in [1.807, 2.05) is 20.8 Å². The lowest BCUT2D eigenvalue weighted by atomic mass is 9.96. The van der Waals surface area contributed by atoms with Crippen LogP contribution >= 0.6 is 0 Å². The molecular weight excluding hydrogens is 971 g/mol. The van der Waals surface area contributed by atoms with E-state index in [0.717, 1.165) is 4.90 Å². The van der Waals surface area contributed by atoms with Crippen LogP contribution in [0.25, 0.3) is 0 Å². The minimum Gasteiger partial charge on any atom is -0.508 e. The van der Waals surface area contributed by atoms with Gasteiger partial charge in [0.25, 0.3) is 0 Å². The number of aromatic hydroxyl groups is 1. The highest BCUT2D eigenvalue weighted by Gasteiger charge is 2.40. The smallest absolute Gasteiger partial charge is 0.245 e. The minimum absolute atomic E-state index is 0.0425. The molecule has 0 unspecified atom stereocenters. The number of rotatable bonds is 31. The Morgan fingerprint density at radius 2 is 1.32 bits per heavy atom. The van der Waals surface area contributed by atoms with E-state index in [2.05, 4.69) is 47.5 Å². The zero-order valence-corrected chi connectivity index (χ0v) is 45.5. The number of nitrogens with one attached hydrogen (secondary N) is 8. The molecule has 1 heterocycles. The van der Waals surface area contributed by atoms with Crippen LogP contribution in [0, 0.1) is 17.8 Å². The number of guanidine groups is 1. The average Bonchev–Trinajstić information content (AvgIpc) is 3.85. The number of carbonyl (C=O) groups excluding carboxylic acids is 10.